The summed E-state index contributed by atoms with van der Waals surface area (Å²) in [7, 11) is 7.25. The summed E-state index contributed by atoms with van der Waals surface area (Å²) in [6, 6.07) is 5.18. The molecule has 1 aromatic carbocycles. The number of ether oxygens (including phenoxy) is 2. The summed E-state index contributed by atoms with van der Waals surface area (Å²) in [6.07, 6.45) is 0.835. The lowest BCUT2D eigenvalue weighted by molar-refractivity contribution is 0.172. The molecule has 0 bridgehead atoms. The molecule has 0 saturated heterocycles. The molecule has 0 saturated carbocycles. The van der Waals surface area contributed by atoms with Gasteiger partial charge in [-0.1, -0.05) is 23.1 Å². The first kappa shape index (κ1) is 11.4. The monoisotopic (exact) mass is 210 g/mol. The third kappa shape index (κ3) is 3.60. The van der Waals surface area contributed by atoms with Crippen molar-refractivity contribution in [1.29, 1.82) is 0 Å². The van der Waals surface area contributed by atoms with Crippen molar-refractivity contribution in [3.8, 4) is 5.75 Å². The Bertz CT molecular complexity index is 291. The van der Waals surface area contributed by atoms with Crippen LogP contribution in [0.25, 0.3) is 0 Å². The highest BCUT2D eigenvalue weighted by atomic mass is 35.5. The average Bonchev–Trinajstić information content (AvgIpc) is 2.18. The minimum Gasteiger partial charge on any atom is -0.492 e. The van der Waals surface area contributed by atoms with Crippen LogP contribution in [-0.4, -0.2) is 28.2 Å². The predicted molar refractivity (Wildman–Crippen MR) is 58.8 cm³/mol. The van der Waals surface area contributed by atoms with E-state index in [0.717, 1.165) is 6.42 Å². The molecule has 0 aromatic heterocycles. The van der Waals surface area contributed by atoms with E-state index in [0.29, 0.717) is 29.4 Å². The Morgan fingerprint density at radius 3 is 2.86 bits per heavy atom. The molecule has 14 heavy (non-hydrogen) atoms. The third-order valence-corrected chi connectivity index (χ3v) is 2.02. The maximum absolute atomic E-state index is 5.90. The Morgan fingerprint density at radius 1 is 1.36 bits per heavy atom. The fourth-order valence-electron chi connectivity index (χ4n) is 1.02. The standard InChI is InChI=1S/C10H12BClO2/c1-13-5-2-6-14-10-7-8(11)3-4-9(10)12/h3-4,7H,2,5-6H2,1H3. The molecule has 0 aliphatic carbocycles. The minimum atomic E-state index is 0.580. The van der Waals surface area contributed by atoms with Crippen molar-refractivity contribution in [2.24, 2.45) is 0 Å². The molecule has 0 unspecified atom stereocenters. The summed E-state index contributed by atoms with van der Waals surface area (Å²) >= 11 is 5.90. The molecule has 1 aromatic rings. The highest BCUT2D eigenvalue weighted by Crippen LogP contribution is 2.21. The molecule has 0 spiro atoms. The van der Waals surface area contributed by atoms with E-state index in [1.807, 2.05) is 0 Å². The molecular weight excluding hydrogens is 198 g/mol. The van der Waals surface area contributed by atoms with Gasteiger partial charge in [-0.15, -0.1) is 0 Å². The molecule has 74 valence electrons. The van der Waals surface area contributed by atoms with Crippen LogP contribution in [-0.2, 0) is 4.74 Å². The Hall–Kier alpha value is -0.665. The molecule has 0 heterocycles. The van der Waals surface area contributed by atoms with E-state index in [4.69, 9.17) is 28.9 Å². The van der Waals surface area contributed by atoms with Gasteiger partial charge in [-0.25, -0.2) is 0 Å². The Morgan fingerprint density at radius 2 is 2.14 bits per heavy atom. The summed E-state index contributed by atoms with van der Waals surface area (Å²) < 4.78 is 10.3. The Kier molecular flexibility index (Phi) is 4.84. The fourth-order valence-corrected chi connectivity index (χ4v) is 1.19. The second-order valence-electron chi connectivity index (χ2n) is 2.88. The first-order chi connectivity index (χ1) is 6.74. The van der Waals surface area contributed by atoms with Gasteiger partial charge in [0.2, 0.25) is 0 Å². The molecule has 0 N–H and O–H groups in total. The molecule has 0 aliphatic rings. The summed E-state index contributed by atoms with van der Waals surface area (Å²) in [5.74, 6) is 0.628. The molecular formula is C10H12BClO2. The van der Waals surface area contributed by atoms with Crippen molar-refractivity contribution in [3.63, 3.8) is 0 Å². The van der Waals surface area contributed by atoms with Crippen LogP contribution in [0.3, 0.4) is 0 Å². The van der Waals surface area contributed by atoms with Gasteiger partial charge in [0.25, 0.3) is 0 Å². The quantitative estimate of drug-likeness (QED) is 0.542. The van der Waals surface area contributed by atoms with E-state index < -0.39 is 0 Å². The fraction of sp³-hybridized carbons (Fsp3) is 0.400. The largest absolute Gasteiger partial charge is 0.492 e. The predicted octanol–water partition coefficient (Wildman–Crippen LogP) is 1.55. The molecule has 2 nitrogen and oxygen atoms in total. The van der Waals surface area contributed by atoms with Crippen molar-refractivity contribution >= 4 is 24.9 Å². The van der Waals surface area contributed by atoms with Crippen LogP contribution in [0.1, 0.15) is 6.42 Å². The maximum atomic E-state index is 5.90. The maximum Gasteiger partial charge on any atom is 0.137 e. The van der Waals surface area contributed by atoms with E-state index in [2.05, 4.69) is 0 Å². The number of methoxy groups -OCH3 is 1. The van der Waals surface area contributed by atoms with E-state index in [1.54, 1.807) is 25.3 Å². The molecule has 4 heteroatoms. The van der Waals surface area contributed by atoms with Gasteiger partial charge in [0.1, 0.15) is 13.6 Å². The first-order valence-electron chi connectivity index (χ1n) is 4.41. The average molecular weight is 210 g/mol. The first-order valence-corrected chi connectivity index (χ1v) is 4.78. The summed E-state index contributed by atoms with van der Waals surface area (Å²) in [5.41, 5.74) is 0.649. The zero-order chi connectivity index (χ0) is 10.4. The van der Waals surface area contributed by atoms with Gasteiger partial charge in [0.05, 0.1) is 11.6 Å². The number of hydrogen-bond donors (Lipinski definition) is 0. The van der Waals surface area contributed by atoms with Gasteiger partial charge in [-0.2, -0.15) is 0 Å². The van der Waals surface area contributed by atoms with Gasteiger partial charge in [-0.05, 0) is 12.1 Å². The topological polar surface area (TPSA) is 18.5 Å². The van der Waals surface area contributed by atoms with E-state index >= 15 is 0 Å². The summed E-state index contributed by atoms with van der Waals surface area (Å²) in [6.45, 7) is 1.26. The van der Waals surface area contributed by atoms with Crippen LogP contribution >= 0.6 is 11.6 Å². The van der Waals surface area contributed by atoms with Crippen molar-refractivity contribution in [1.82, 2.24) is 0 Å². The number of rotatable bonds is 5. The van der Waals surface area contributed by atoms with Gasteiger partial charge < -0.3 is 9.47 Å². The number of benzene rings is 1. The smallest absolute Gasteiger partial charge is 0.137 e. The highest BCUT2D eigenvalue weighted by molar-refractivity contribution is 6.35. The van der Waals surface area contributed by atoms with Crippen LogP contribution in [0.4, 0.5) is 0 Å². The van der Waals surface area contributed by atoms with Gasteiger partial charge >= 0.3 is 0 Å². The number of hydrogen-bond acceptors (Lipinski definition) is 2. The van der Waals surface area contributed by atoms with Gasteiger partial charge in [-0.3, -0.25) is 0 Å². The van der Waals surface area contributed by atoms with Gasteiger partial charge in [0, 0.05) is 20.1 Å². The normalized spacial score (nSPS) is 10.1. The van der Waals surface area contributed by atoms with Crippen LogP contribution in [0.2, 0.25) is 5.02 Å². The molecule has 2 radical (unpaired) electrons. The molecule has 0 amide bonds. The lowest BCUT2D eigenvalue weighted by Gasteiger charge is -2.08. The van der Waals surface area contributed by atoms with E-state index in [-0.39, 0.29) is 0 Å². The Labute approximate surface area is 90.6 Å². The van der Waals surface area contributed by atoms with Crippen molar-refractivity contribution in [3.05, 3.63) is 23.2 Å². The third-order valence-electron chi connectivity index (χ3n) is 1.71. The lowest BCUT2D eigenvalue weighted by Crippen LogP contribution is -2.06. The zero-order valence-corrected chi connectivity index (χ0v) is 8.88. The van der Waals surface area contributed by atoms with Crippen molar-refractivity contribution < 1.29 is 9.47 Å². The van der Waals surface area contributed by atoms with Crippen LogP contribution in [0, 0.1) is 0 Å². The minimum absolute atomic E-state index is 0.580. The Balaban J connectivity index is 2.45. The second kappa shape index (κ2) is 5.94. The van der Waals surface area contributed by atoms with E-state index in [1.165, 1.54) is 0 Å². The van der Waals surface area contributed by atoms with Crippen LogP contribution in [0.5, 0.6) is 5.75 Å². The SMILES string of the molecule is [B]c1ccc(Cl)c(OCCCOC)c1. The zero-order valence-electron chi connectivity index (χ0n) is 8.13. The van der Waals surface area contributed by atoms with E-state index in [9.17, 15) is 0 Å². The van der Waals surface area contributed by atoms with Crippen molar-refractivity contribution in [2.75, 3.05) is 20.3 Å². The highest BCUT2D eigenvalue weighted by Gasteiger charge is 2.00. The molecule has 0 aliphatic heterocycles. The number of halogens is 1. The van der Waals surface area contributed by atoms with Crippen LogP contribution in [0.15, 0.2) is 18.2 Å². The van der Waals surface area contributed by atoms with Gasteiger partial charge in [0.15, 0.2) is 0 Å². The summed E-state index contributed by atoms with van der Waals surface area (Å²) in [5, 5.41) is 0.580. The summed E-state index contributed by atoms with van der Waals surface area (Å²) in [4.78, 5) is 0. The molecule has 0 fully saturated rings. The van der Waals surface area contributed by atoms with Crippen molar-refractivity contribution in [2.45, 2.75) is 6.42 Å². The second-order valence-corrected chi connectivity index (χ2v) is 3.29. The lowest BCUT2D eigenvalue weighted by atomic mass is 9.96. The molecule has 0 atom stereocenters. The van der Waals surface area contributed by atoms with Crippen LogP contribution < -0.4 is 10.2 Å². The molecule has 1 rings (SSSR count).